The number of carbonyl (C=O) groups is 4. The molecule has 2 aromatic carbocycles. The molecule has 0 radical (unpaired) electrons. The van der Waals surface area contributed by atoms with Gasteiger partial charge in [0.2, 0.25) is 11.8 Å². The van der Waals surface area contributed by atoms with E-state index in [1.54, 1.807) is 24.4 Å². The second kappa shape index (κ2) is 8.49. The van der Waals surface area contributed by atoms with Crippen molar-refractivity contribution in [1.29, 1.82) is 0 Å². The second-order valence-electron chi connectivity index (χ2n) is 8.93. The summed E-state index contributed by atoms with van der Waals surface area (Å²) < 4.78 is 1.85. The summed E-state index contributed by atoms with van der Waals surface area (Å²) in [6.07, 6.45) is 5.87. The van der Waals surface area contributed by atoms with Gasteiger partial charge >= 0.3 is 0 Å². The quantitative estimate of drug-likeness (QED) is 0.362. The Bertz CT molecular complexity index is 1550. The number of aromatic amines is 1. The van der Waals surface area contributed by atoms with E-state index in [4.69, 9.17) is 0 Å². The largest absolute Gasteiger partial charge is 0.380 e. The van der Waals surface area contributed by atoms with Gasteiger partial charge in [0.05, 0.1) is 23.9 Å². The van der Waals surface area contributed by atoms with Gasteiger partial charge in [-0.05, 0) is 30.2 Å². The van der Waals surface area contributed by atoms with Crippen molar-refractivity contribution in [2.24, 2.45) is 0 Å². The highest BCUT2D eigenvalue weighted by molar-refractivity contribution is 6.25. The Morgan fingerprint density at radius 3 is 2.75 bits per heavy atom. The molecule has 0 spiro atoms. The van der Waals surface area contributed by atoms with Gasteiger partial charge in [-0.3, -0.25) is 34.1 Å². The topological polar surface area (TPSA) is 129 Å². The van der Waals surface area contributed by atoms with Crippen molar-refractivity contribution in [3.8, 4) is 0 Å². The van der Waals surface area contributed by atoms with Gasteiger partial charge < -0.3 is 10.3 Å². The summed E-state index contributed by atoms with van der Waals surface area (Å²) in [5, 5.41) is 11.1. The molecule has 0 bridgehead atoms. The number of amides is 4. The average molecular weight is 483 g/mol. The van der Waals surface area contributed by atoms with Gasteiger partial charge in [0.15, 0.2) is 0 Å². The van der Waals surface area contributed by atoms with Crippen LogP contribution in [0.2, 0.25) is 0 Å². The molecule has 0 saturated carbocycles. The third kappa shape index (κ3) is 3.63. The Hall–Kier alpha value is -4.73. The lowest BCUT2D eigenvalue weighted by atomic mass is 10.0. The molecular weight excluding hydrogens is 460 g/mol. The standard InChI is InChI=1S/C26H22N6O4/c33-22-9-8-21(24(34)30-22)32-25(35)18-5-3-7-20(23(18)26(32)36)27-10-15-11-29-31(13-15)14-16-12-28-19-6-2-1-4-17(16)19/h1-7,11-13,21,27-28H,8-10,14H2,(H,30,33,34). The van der Waals surface area contributed by atoms with Crippen LogP contribution in [0.15, 0.2) is 61.1 Å². The van der Waals surface area contributed by atoms with Gasteiger partial charge in [0.1, 0.15) is 6.04 Å². The Morgan fingerprint density at radius 1 is 1.03 bits per heavy atom. The number of benzene rings is 2. The van der Waals surface area contributed by atoms with Gasteiger partial charge in [-0.15, -0.1) is 0 Å². The number of nitrogens with zero attached hydrogens (tertiary/aromatic N) is 3. The number of aromatic nitrogens is 3. The summed E-state index contributed by atoms with van der Waals surface area (Å²) in [5.74, 6) is -2.10. The van der Waals surface area contributed by atoms with Crippen molar-refractivity contribution >= 4 is 40.2 Å². The molecule has 2 aromatic heterocycles. The van der Waals surface area contributed by atoms with Gasteiger partial charge in [-0.25, -0.2) is 0 Å². The first-order chi connectivity index (χ1) is 17.5. The van der Waals surface area contributed by atoms with Crippen LogP contribution in [0.4, 0.5) is 5.69 Å². The fourth-order valence-electron chi connectivity index (χ4n) is 4.88. The number of imide groups is 2. The third-order valence-corrected chi connectivity index (χ3v) is 6.65. The number of para-hydroxylation sites is 1. The lowest BCUT2D eigenvalue weighted by molar-refractivity contribution is -0.136. The molecule has 10 nitrogen and oxygen atoms in total. The van der Waals surface area contributed by atoms with Crippen LogP contribution in [0, 0.1) is 0 Å². The highest BCUT2D eigenvalue weighted by Crippen LogP contribution is 2.32. The zero-order chi connectivity index (χ0) is 24.8. The molecule has 4 aromatic rings. The number of fused-ring (bicyclic) bond motifs is 2. The fraction of sp³-hybridized carbons (Fsp3) is 0.192. The molecule has 4 amide bonds. The first-order valence-corrected chi connectivity index (χ1v) is 11.6. The predicted molar refractivity (Wildman–Crippen MR) is 130 cm³/mol. The van der Waals surface area contributed by atoms with Gasteiger partial charge in [-0.2, -0.15) is 5.10 Å². The van der Waals surface area contributed by atoms with Crippen molar-refractivity contribution in [3.05, 3.63) is 83.3 Å². The molecule has 6 rings (SSSR count). The molecule has 180 valence electrons. The molecular formula is C26H22N6O4. The number of anilines is 1. The molecule has 2 aliphatic rings. The van der Waals surface area contributed by atoms with Crippen molar-refractivity contribution < 1.29 is 19.2 Å². The highest BCUT2D eigenvalue weighted by Gasteiger charge is 2.45. The molecule has 1 fully saturated rings. The summed E-state index contributed by atoms with van der Waals surface area (Å²) in [6.45, 7) is 1.00. The summed E-state index contributed by atoms with van der Waals surface area (Å²) in [5.41, 5.74) is 4.09. The maximum absolute atomic E-state index is 13.2. The minimum atomic E-state index is -0.995. The van der Waals surface area contributed by atoms with Crippen LogP contribution in [-0.2, 0) is 22.7 Å². The van der Waals surface area contributed by atoms with Gasteiger partial charge in [-0.1, -0.05) is 24.3 Å². The molecule has 36 heavy (non-hydrogen) atoms. The number of hydrogen-bond donors (Lipinski definition) is 3. The molecule has 0 aliphatic carbocycles. The number of nitrogens with one attached hydrogen (secondary N) is 3. The normalized spacial score (nSPS) is 17.6. The third-order valence-electron chi connectivity index (χ3n) is 6.65. The van der Waals surface area contributed by atoms with E-state index in [-0.39, 0.29) is 24.0 Å². The van der Waals surface area contributed by atoms with E-state index < -0.39 is 29.7 Å². The lowest BCUT2D eigenvalue weighted by Crippen LogP contribution is -2.54. The molecule has 10 heteroatoms. The Labute approximate surface area is 205 Å². The van der Waals surface area contributed by atoms with E-state index >= 15 is 0 Å². The highest BCUT2D eigenvalue weighted by atomic mass is 16.2. The van der Waals surface area contributed by atoms with Crippen LogP contribution in [0.3, 0.4) is 0 Å². The maximum Gasteiger partial charge on any atom is 0.264 e. The van der Waals surface area contributed by atoms with Crippen LogP contribution < -0.4 is 10.6 Å². The smallest absolute Gasteiger partial charge is 0.264 e. The lowest BCUT2D eigenvalue weighted by Gasteiger charge is -2.27. The minimum absolute atomic E-state index is 0.0808. The van der Waals surface area contributed by atoms with Crippen LogP contribution in [0.25, 0.3) is 10.9 Å². The van der Waals surface area contributed by atoms with Crippen molar-refractivity contribution in [1.82, 2.24) is 25.0 Å². The van der Waals surface area contributed by atoms with Gasteiger partial charge in [0, 0.05) is 47.5 Å². The van der Waals surface area contributed by atoms with Crippen molar-refractivity contribution in [2.45, 2.75) is 32.0 Å². The van der Waals surface area contributed by atoms with E-state index in [0.717, 1.165) is 26.9 Å². The summed E-state index contributed by atoms with van der Waals surface area (Å²) in [4.78, 5) is 54.3. The van der Waals surface area contributed by atoms with E-state index in [1.807, 2.05) is 35.3 Å². The van der Waals surface area contributed by atoms with E-state index in [9.17, 15) is 19.2 Å². The molecule has 4 heterocycles. The van der Waals surface area contributed by atoms with E-state index in [0.29, 0.717) is 18.8 Å². The van der Waals surface area contributed by atoms with Crippen LogP contribution in [0.1, 0.15) is 44.7 Å². The molecule has 1 saturated heterocycles. The SMILES string of the molecule is O=C1CCC(N2C(=O)c3cccc(NCc4cnn(Cc5c[nH]c6ccccc56)c4)c3C2=O)C(=O)N1. The summed E-state index contributed by atoms with van der Waals surface area (Å²) in [6, 6.07) is 12.1. The van der Waals surface area contributed by atoms with Crippen LogP contribution in [0.5, 0.6) is 0 Å². The summed E-state index contributed by atoms with van der Waals surface area (Å²) in [7, 11) is 0. The summed E-state index contributed by atoms with van der Waals surface area (Å²) >= 11 is 0. The first-order valence-electron chi connectivity index (χ1n) is 11.6. The average Bonchev–Trinajstić information content (AvgIpc) is 3.56. The molecule has 2 aliphatic heterocycles. The Balaban J connectivity index is 1.18. The first kappa shape index (κ1) is 21.8. The van der Waals surface area contributed by atoms with Crippen molar-refractivity contribution in [2.75, 3.05) is 5.32 Å². The Morgan fingerprint density at radius 2 is 1.89 bits per heavy atom. The number of piperidine rings is 1. The molecule has 1 unspecified atom stereocenters. The zero-order valence-electron chi connectivity index (χ0n) is 19.2. The number of hydrogen-bond acceptors (Lipinski definition) is 6. The minimum Gasteiger partial charge on any atom is -0.380 e. The maximum atomic E-state index is 13.2. The van der Waals surface area contributed by atoms with E-state index in [1.165, 1.54) is 0 Å². The van der Waals surface area contributed by atoms with E-state index in [2.05, 4.69) is 26.8 Å². The monoisotopic (exact) mass is 482 g/mol. The molecule has 1 atom stereocenters. The van der Waals surface area contributed by atoms with Crippen LogP contribution >= 0.6 is 0 Å². The number of carbonyl (C=O) groups excluding carboxylic acids is 4. The zero-order valence-corrected chi connectivity index (χ0v) is 19.2. The fourth-order valence-corrected chi connectivity index (χ4v) is 4.88. The van der Waals surface area contributed by atoms with Gasteiger partial charge in [0.25, 0.3) is 11.8 Å². The predicted octanol–water partition coefficient (Wildman–Crippen LogP) is 2.43. The Kier molecular flexibility index (Phi) is 5.14. The second-order valence-corrected chi connectivity index (χ2v) is 8.93. The molecule has 3 N–H and O–H groups in total. The number of H-pyrrole nitrogens is 1. The van der Waals surface area contributed by atoms with Crippen LogP contribution in [-0.4, -0.2) is 49.3 Å². The number of rotatable bonds is 6. The van der Waals surface area contributed by atoms with Crippen molar-refractivity contribution in [3.63, 3.8) is 0 Å².